The molecule has 0 N–H and O–H groups in total. The zero-order valence-electron chi connectivity index (χ0n) is 25.4. The minimum atomic E-state index is -0.0749. The maximum atomic E-state index is 2.44. The standard InChI is InChI=1S/C42H37N/c1-41(2)38-21-13-11-20-36(38)37-28-27-34(29-39(37)42(41,3)4)43(33-25-23-31(24-26-33)30-15-7-5-8-16-30)40-22-14-12-19-35(40)32-17-9-6-10-18-32/h5-29H,1-4H3. The molecular formula is C42H37N. The van der Waals surface area contributed by atoms with E-state index < -0.39 is 0 Å². The van der Waals surface area contributed by atoms with Crippen molar-refractivity contribution in [3.8, 4) is 33.4 Å². The van der Waals surface area contributed by atoms with E-state index in [-0.39, 0.29) is 10.8 Å². The van der Waals surface area contributed by atoms with E-state index in [0.717, 1.165) is 17.1 Å². The van der Waals surface area contributed by atoms with Crippen LogP contribution in [0.4, 0.5) is 17.1 Å². The van der Waals surface area contributed by atoms with E-state index in [2.05, 4.69) is 184 Å². The Balaban J connectivity index is 1.44. The van der Waals surface area contributed by atoms with Gasteiger partial charge in [0.2, 0.25) is 0 Å². The van der Waals surface area contributed by atoms with Gasteiger partial charge in [-0.25, -0.2) is 0 Å². The molecule has 0 radical (unpaired) electrons. The lowest BCUT2D eigenvalue weighted by Crippen LogP contribution is -2.43. The third kappa shape index (κ3) is 4.48. The van der Waals surface area contributed by atoms with Crippen molar-refractivity contribution < 1.29 is 0 Å². The molecule has 1 heteroatoms. The zero-order chi connectivity index (χ0) is 29.6. The molecule has 0 saturated carbocycles. The van der Waals surface area contributed by atoms with E-state index in [1.807, 2.05) is 0 Å². The van der Waals surface area contributed by atoms with Gasteiger partial charge in [0.05, 0.1) is 5.69 Å². The fourth-order valence-electron chi connectivity index (χ4n) is 6.75. The fourth-order valence-corrected chi connectivity index (χ4v) is 6.75. The van der Waals surface area contributed by atoms with E-state index in [0.29, 0.717) is 0 Å². The smallest absolute Gasteiger partial charge is 0.0540 e. The number of rotatable bonds is 5. The van der Waals surface area contributed by atoms with Crippen LogP contribution in [0.25, 0.3) is 33.4 Å². The second kappa shape index (κ2) is 10.4. The summed E-state index contributed by atoms with van der Waals surface area (Å²) in [5.74, 6) is 0. The van der Waals surface area contributed by atoms with Crippen LogP contribution in [0.5, 0.6) is 0 Å². The lowest BCUT2D eigenvalue weighted by molar-refractivity contribution is 0.299. The number of para-hydroxylation sites is 1. The zero-order valence-corrected chi connectivity index (χ0v) is 25.4. The molecule has 0 bridgehead atoms. The lowest BCUT2D eigenvalue weighted by Gasteiger charge is -2.48. The molecule has 1 aliphatic carbocycles. The van der Waals surface area contributed by atoms with Crippen LogP contribution in [-0.2, 0) is 10.8 Å². The first kappa shape index (κ1) is 27.0. The first-order valence-corrected chi connectivity index (χ1v) is 15.2. The number of nitrogens with zero attached hydrogens (tertiary/aromatic N) is 1. The molecule has 210 valence electrons. The van der Waals surface area contributed by atoms with Gasteiger partial charge in [0.1, 0.15) is 0 Å². The fraction of sp³-hybridized carbons (Fsp3) is 0.143. The molecule has 0 unspecified atom stereocenters. The largest absolute Gasteiger partial charge is 0.310 e. The van der Waals surface area contributed by atoms with Crippen molar-refractivity contribution in [1.29, 1.82) is 0 Å². The number of hydrogen-bond donors (Lipinski definition) is 0. The van der Waals surface area contributed by atoms with Crippen molar-refractivity contribution in [2.45, 2.75) is 38.5 Å². The van der Waals surface area contributed by atoms with Crippen molar-refractivity contribution in [2.24, 2.45) is 0 Å². The van der Waals surface area contributed by atoms with Gasteiger partial charge in [-0.3, -0.25) is 0 Å². The van der Waals surface area contributed by atoms with E-state index in [9.17, 15) is 0 Å². The number of hydrogen-bond acceptors (Lipinski definition) is 1. The summed E-state index contributed by atoms with van der Waals surface area (Å²) in [6.45, 7) is 9.60. The van der Waals surface area contributed by atoms with Crippen LogP contribution in [-0.4, -0.2) is 0 Å². The Morgan fingerprint density at radius 3 is 1.56 bits per heavy atom. The van der Waals surface area contributed by atoms with Gasteiger partial charge in [0.15, 0.2) is 0 Å². The molecule has 1 nitrogen and oxygen atoms in total. The van der Waals surface area contributed by atoms with Gasteiger partial charge in [-0.15, -0.1) is 0 Å². The summed E-state index contributed by atoms with van der Waals surface area (Å²) in [7, 11) is 0. The van der Waals surface area contributed by atoms with Crippen molar-refractivity contribution >= 4 is 17.1 Å². The Morgan fingerprint density at radius 1 is 0.372 bits per heavy atom. The van der Waals surface area contributed by atoms with Crippen LogP contribution >= 0.6 is 0 Å². The molecule has 0 heterocycles. The summed E-state index contributed by atoms with van der Waals surface area (Å²) in [4.78, 5) is 2.43. The third-order valence-electron chi connectivity index (χ3n) is 9.85. The summed E-state index contributed by atoms with van der Waals surface area (Å²) in [5.41, 5.74) is 13.7. The quantitative estimate of drug-likeness (QED) is 0.204. The molecule has 7 rings (SSSR count). The second-order valence-electron chi connectivity index (χ2n) is 12.7. The number of anilines is 3. The molecule has 43 heavy (non-hydrogen) atoms. The van der Waals surface area contributed by atoms with E-state index in [1.54, 1.807) is 0 Å². The van der Waals surface area contributed by atoms with Crippen LogP contribution in [0.2, 0.25) is 0 Å². The molecule has 0 aliphatic heterocycles. The summed E-state index contributed by atoms with van der Waals surface area (Å²) in [6, 6.07) is 55.1. The highest BCUT2D eigenvalue weighted by molar-refractivity contribution is 5.90. The minimum absolute atomic E-state index is 0.0284. The lowest BCUT2D eigenvalue weighted by atomic mass is 9.55. The van der Waals surface area contributed by atoms with Crippen LogP contribution in [0.15, 0.2) is 152 Å². The molecule has 1 aliphatic rings. The van der Waals surface area contributed by atoms with Crippen LogP contribution in [0.3, 0.4) is 0 Å². The van der Waals surface area contributed by atoms with Gasteiger partial charge in [-0.05, 0) is 80.1 Å². The Kier molecular flexibility index (Phi) is 6.55. The number of benzene rings is 6. The Bertz CT molecular complexity index is 1900. The van der Waals surface area contributed by atoms with Crippen molar-refractivity contribution in [3.63, 3.8) is 0 Å². The van der Waals surface area contributed by atoms with Gasteiger partial charge in [-0.1, -0.05) is 149 Å². The van der Waals surface area contributed by atoms with Crippen molar-refractivity contribution in [2.75, 3.05) is 4.90 Å². The highest BCUT2D eigenvalue weighted by atomic mass is 15.1. The predicted octanol–water partition coefficient (Wildman–Crippen LogP) is 11.7. The monoisotopic (exact) mass is 555 g/mol. The summed E-state index contributed by atoms with van der Waals surface area (Å²) >= 11 is 0. The number of fused-ring (bicyclic) bond motifs is 3. The van der Waals surface area contributed by atoms with E-state index in [1.165, 1.54) is 44.5 Å². The van der Waals surface area contributed by atoms with Crippen molar-refractivity contribution in [3.05, 3.63) is 163 Å². The summed E-state index contributed by atoms with van der Waals surface area (Å²) in [6.07, 6.45) is 0. The van der Waals surface area contributed by atoms with Crippen LogP contribution in [0.1, 0.15) is 38.8 Å². The van der Waals surface area contributed by atoms with Gasteiger partial charge in [0.25, 0.3) is 0 Å². The summed E-state index contributed by atoms with van der Waals surface area (Å²) < 4.78 is 0. The first-order chi connectivity index (χ1) is 20.9. The Labute approximate surface area is 256 Å². The molecular weight excluding hydrogens is 518 g/mol. The Morgan fingerprint density at radius 2 is 0.860 bits per heavy atom. The molecule has 0 saturated heterocycles. The topological polar surface area (TPSA) is 3.24 Å². The molecule has 0 atom stereocenters. The second-order valence-corrected chi connectivity index (χ2v) is 12.7. The first-order valence-electron chi connectivity index (χ1n) is 15.2. The van der Waals surface area contributed by atoms with Crippen LogP contribution < -0.4 is 4.90 Å². The molecule has 0 fully saturated rings. The average molecular weight is 556 g/mol. The van der Waals surface area contributed by atoms with E-state index >= 15 is 0 Å². The average Bonchev–Trinajstić information content (AvgIpc) is 3.06. The predicted molar refractivity (Wildman–Crippen MR) is 183 cm³/mol. The highest BCUT2D eigenvalue weighted by Crippen LogP contribution is 2.55. The highest BCUT2D eigenvalue weighted by Gasteiger charge is 2.45. The SMILES string of the molecule is CC1(C)c2ccccc2-c2ccc(N(c3ccc(-c4ccccc4)cc3)c3ccccc3-c3ccccc3)cc2C1(C)C. The maximum absolute atomic E-state index is 2.44. The molecule has 6 aromatic carbocycles. The molecule has 6 aromatic rings. The molecule has 0 spiro atoms. The maximum Gasteiger partial charge on any atom is 0.0540 e. The van der Waals surface area contributed by atoms with Gasteiger partial charge in [0, 0.05) is 16.9 Å². The third-order valence-corrected chi connectivity index (χ3v) is 9.85. The summed E-state index contributed by atoms with van der Waals surface area (Å²) in [5, 5.41) is 0. The normalized spacial score (nSPS) is 14.4. The van der Waals surface area contributed by atoms with Crippen molar-refractivity contribution in [1.82, 2.24) is 0 Å². The van der Waals surface area contributed by atoms with Gasteiger partial charge < -0.3 is 4.90 Å². The molecule has 0 aromatic heterocycles. The Hall–Kier alpha value is -4.88. The minimum Gasteiger partial charge on any atom is -0.310 e. The van der Waals surface area contributed by atoms with Crippen LogP contribution in [0, 0.1) is 0 Å². The molecule has 0 amide bonds. The van der Waals surface area contributed by atoms with Gasteiger partial charge >= 0.3 is 0 Å². The van der Waals surface area contributed by atoms with Gasteiger partial charge in [-0.2, -0.15) is 0 Å². The van der Waals surface area contributed by atoms with E-state index in [4.69, 9.17) is 0 Å².